The fourth-order valence-electron chi connectivity index (χ4n) is 2.83. The summed E-state index contributed by atoms with van der Waals surface area (Å²) in [5.74, 6) is 0.611. The SMILES string of the molecule is Cc1c(-n2nnnc2SCc2ccccn2)c(=O)n(-c2ccccc2)n1C. The third-order valence-electron chi connectivity index (χ3n) is 4.25. The minimum Gasteiger partial charge on any atom is -0.283 e. The molecule has 0 N–H and O–H groups in total. The Morgan fingerprint density at radius 2 is 1.85 bits per heavy atom. The molecular weight excluding hydrogens is 362 g/mol. The number of pyridine rings is 1. The molecule has 27 heavy (non-hydrogen) atoms. The molecule has 4 aromatic rings. The number of hydrogen-bond acceptors (Lipinski definition) is 6. The van der Waals surface area contributed by atoms with Crippen molar-refractivity contribution in [3.8, 4) is 11.4 Å². The fraction of sp³-hybridized carbons (Fsp3) is 0.167. The minimum absolute atomic E-state index is 0.173. The second-order valence-corrected chi connectivity index (χ2v) is 6.84. The van der Waals surface area contributed by atoms with Crippen molar-refractivity contribution in [2.24, 2.45) is 7.05 Å². The first-order chi connectivity index (χ1) is 13.2. The van der Waals surface area contributed by atoms with Crippen LogP contribution >= 0.6 is 11.8 Å². The first-order valence-corrected chi connectivity index (χ1v) is 9.31. The van der Waals surface area contributed by atoms with E-state index in [-0.39, 0.29) is 5.56 Å². The van der Waals surface area contributed by atoms with E-state index in [1.54, 1.807) is 10.9 Å². The highest BCUT2D eigenvalue weighted by molar-refractivity contribution is 7.98. The van der Waals surface area contributed by atoms with Gasteiger partial charge in [-0.05, 0) is 41.6 Å². The highest BCUT2D eigenvalue weighted by Crippen LogP contribution is 2.22. The second-order valence-electron chi connectivity index (χ2n) is 5.89. The van der Waals surface area contributed by atoms with Crippen molar-refractivity contribution in [2.75, 3.05) is 0 Å². The second kappa shape index (κ2) is 7.20. The standard InChI is InChI=1S/C18H17N7OS/c1-13-16(17(26)25(23(13)2)15-9-4-3-5-10-15)24-18(20-21-22-24)27-12-14-8-6-7-11-19-14/h3-11H,12H2,1-2H3. The van der Waals surface area contributed by atoms with Crippen LogP contribution in [-0.2, 0) is 12.8 Å². The minimum atomic E-state index is -0.173. The van der Waals surface area contributed by atoms with Gasteiger partial charge in [0.25, 0.3) is 5.56 Å². The van der Waals surface area contributed by atoms with E-state index < -0.39 is 0 Å². The number of nitrogens with zero attached hydrogens (tertiary/aromatic N) is 7. The fourth-order valence-corrected chi connectivity index (χ4v) is 3.62. The third kappa shape index (κ3) is 3.17. The predicted octanol–water partition coefficient (Wildman–Crippen LogP) is 2.15. The maximum atomic E-state index is 13.1. The number of tetrazole rings is 1. The molecule has 1 aromatic carbocycles. The van der Waals surface area contributed by atoms with Gasteiger partial charge in [0.2, 0.25) is 5.16 Å². The molecule has 8 nitrogen and oxygen atoms in total. The molecule has 0 saturated carbocycles. The smallest absolute Gasteiger partial charge is 0.283 e. The van der Waals surface area contributed by atoms with Crippen molar-refractivity contribution in [3.63, 3.8) is 0 Å². The molecule has 0 amide bonds. The van der Waals surface area contributed by atoms with Gasteiger partial charge in [0.05, 0.1) is 17.1 Å². The van der Waals surface area contributed by atoms with Crippen LogP contribution < -0.4 is 5.56 Å². The lowest BCUT2D eigenvalue weighted by Gasteiger charge is -2.07. The first-order valence-electron chi connectivity index (χ1n) is 8.32. The number of hydrogen-bond donors (Lipinski definition) is 0. The Morgan fingerprint density at radius 1 is 1.07 bits per heavy atom. The van der Waals surface area contributed by atoms with Gasteiger partial charge in [-0.25, -0.2) is 4.68 Å². The molecule has 136 valence electrons. The van der Waals surface area contributed by atoms with Crippen molar-refractivity contribution in [1.29, 1.82) is 0 Å². The highest BCUT2D eigenvalue weighted by Gasteiger charge is 2.21. The molecule has 0 atom stereocenters. The van der Waals surface area contributed by atoms with Crippen LogP contribution in [0.3, 0.4) is 0 Å². The Balaban J connectivity index is 1.73. The van der Waals surface area contributed by atoms with Gasteiger partial charge in [0.1, 0.15) is 0 Å². The van der Waals surface area contributed by atoms with Crippen molar-refractivity contribution in [3.05, 3.63) is 76.5 Å². The van der Waals surface area contributed by atoms with E-state index in [9.17, 15) is 4.79 Å². The van der Waals surface area contributed by atoms with E-state index in [0.29, 0.717) is 16.6 Å². The Hall–Kier alpha value is -3.20. The van der Waals surface area contributed by atoms with Crippen molar-refractivity contribution in [2.45, 2.75) is 17.8 Å². The number of thioether (sulfide) groups is 1. The lowest BCUT2D eigenvalue weighted by atomic mass is 10.3. The highest BCUT2D eigenvalue weighted by atomic mass is 32.2. The molecule has 0 radical (unpaired) electrons. The van der Waals surface area contributed by atoms with Gasteiger partial charge in [-0.1, -0.05) is 36.0 Å². The zero-order valence-electron chi connectivity index (χ0n) is 14.9. The average molecular weight is 379 g/mol. The molecule has 4 rings (SSSR count). The first kappa shape index (κ1) is 17.2. The van der Waals surface area contributed by atoms with Crippen LogP contribution in [0.2, 0.25) is 0 Å². The lowest BCUT2D eigenvalue weighted by Crippen LogP contribution is -2.22. The molecule has 0 aliphatic carbocycles. The van der Waals surface area contributed by atoms with Gasteiger partial charge in [0.15, 0.2) is 5.69 Å². The van der Waals surface area contributed by atoms with E-state index in [0.717, 1.165) is 17.1 Å². The Kier molecular flexibility index (Phi) is 4.59. The maximum absolute atomic E-state index is 13.1. The van der Waals surface area contributed by atoms with Crippen LogP contribution in [-0.4, -0.2) is 34.6 Å². The van der Waals surface area contributed by atoms with Crippen LogP contribution in [0.15, 0.2) is 64.7 Å². The van der Waals surface area contributed by atoms with Crippen LogP contribution in [0.1, 0.15) is 11.4 Å². The molecule has 3 heterocycles. The Labute approximate surface area is 159 Å². The summed E-state index contributed by atoms with van der Waals surface area (Å²) in [7, 11) is 1.85. The van der Waals surface area contributed by atoms with Gasteiger partial charge in [-0.15, -0.1) is 5.10 Å². The van der Waals surface area contributed by atoms with Crippen molar-refractivity contribution < 1.29 is 0 Å². The number of para-hydroxylation sites is 1. The molecular formula is C18H17N7OS. The number of rotatable bonds is 5. The molecule has 0 fully saturated rings. The molecule has 0 aliphatic heterocycles. The molecule has 0 saturated heterocycles. The van der Waals surface area contributed by atoms with E-state index >= 15 is 0 Å². The molecule has 0 bridgehead atoms. The summed E-state index contributed by atoms with van der Waals surface area (Å²) in [6, 6.07) is 15.2. The maximum Gasteiger partial charge on any atom is 0.297 e. The normalized spacial score (nSPS) is 11.0. The lowest BCUT2D eigenvalue weighted by molar-refractivity contribution is 0.630. The predicted molar refractivity (Wildman–Crippen MR) is 102 cm³/mol. The number of benzene rings is 1. The third-order valence-corrected chi connectivity index (χ3v) is 5.20. The Morgan fingerprint density at radius 3 is 2.59 bits per heavy atom. The van der Waals surface area contributed by atoms with E-state index in [2.05, 4.69) is 20.5 Å². The molecule has 3 aromatic heterocycles. The quantitative estimate of drug-likeness (QED) is 0.494. The zero-order chi connectivity index (χ0) is 18.8. The van der Waals surface area contributed by atoms with E-state index in [1.807, 2.05) is 67.2 Å². The molecule has 0 unspecified atom stereocenters. The van der Waals surface area contributed by atoms with Crippen molar-refractivity contribution in [1.82, 2.24) is 34.6 Å². The zero-order valence-corrected chi connectivity index (χ0v) is 15.7. The summed E-state index contributed by atoms with van der Waals surface area (Å²) in [4.78, 5) is 17.4. The van der Waals surface area contributed by atoms with Crippen LogP contribution in [0.25, 0.3) is 11.4 Å². The van der Waals surface area contributed by atoms with Gasteiger partial charge < -0.3 is 0 Å². The van der Waals surface area contributed by atoms with Crippen LogP contribution in [0, 0.1) is 6.92 Å². The van der Waals surface area contributed by atoms with Crippen molar-refractivity contribution >= 4 is 11.8 Å². The van der Waals surface area contributed by atoms with Gasteiger partial charge in [-0.3, -0.25) is 14.5 Å². The summed E-state index contributed by atoms with van der Waals surface area (Å²) < 4.78 is 4.92. The molecule has 0 spiro atoms. The Bertz CT molecular complexity index is 1120. The number of aromatic nitrogens is 7. The molecule has 0 aliphatic rings. The summed E-state index contributed by atoms with van der Waals surface area (Å²) >= 11 is 1.44. The topological polar surface area (TPSA) is 83.4 Å². The average Bonchev–Trinajstić information content (AvgIpc) is 3.24. The van der Waals surface area contributed by atoms with E-state index in [1.165, 1.54) is 16.4 Å². The van der Waals surface area contributed by atoms with Crippen LogP contribution in [0.5, 0.6) is 0 Å². The summed E-state index contributed by atoms with van der Waals surface area (Å²) in [5.41, 5.74) is 2.75. The largest absolute Gasteiger partial charge is 0.297 e. The monoisotopic (exact) mass is 379 g/mol. The molecule has 9 heteroatoms. The summed E-state index contributed by atoms with van der Waals surface area (Å²) in [6.45, 7) is 1.88. The summed E-state index contributed by atoms with van der Waals surface area (Å²) in [5, 5.41) is 12.5. The van der Waals surface area contributed by atoms with Gasteiger partial charge in [0, 0.05) is 19.0 Å². The van der Waals surface area contributed by atoms with E-state index in [4.69, 9.17) is 0 Å². The van der Waals surface area contributed by atoms with Gasteiger partial charge in [-0.2, -0.15) is 4.68 Å². The summed E-state index contributed by atoms with van der Waals surface area (Å²) in [6.07, 6.45) is 1.75. The van der Waals surface area contributed by atoms with Gasteiger partial charge >= 0.3 is 0 Å². The van der Waals surface area contributed by atoms with Crippen LogP contribution in [0.4, 0.5) is 0 Å².